The van der Waals surface area contributed by atoms with E-state index in [0.29, 0.717) is 18.1 Å². The molecule has 1 atom stereocenters. The number of halogens is 2. The average Bonchev–Trinajstić information content (AvgIpc) is 2.91. The van der Waals surface area contributed by atoms with Crippen molar-refractivity contribution in [2.75, 3.05) is 11.4 Å². The van der Waals surface area contributed by atoms with Crippen molar-refractivity contribution in [1.29, 1.82) is 0 Å². The van der Waals surface area contributed by atoms with Gasteiger partial charge in [-0.25, -0.2) is 13.6 Å². The number of aromatic carboxylic acids is 1. The van der Waals surface area contributed by atoms with Crippen molar-refractivity contribution in [2.45, 2.75) is 45.7 Å². The van der Waals surface area contributed by atoms with Gasteiger partial charge in [0, 0.05) is 36.0 Å². The number of hydrogen-bond acceptors (Lipinski definition) is 6. The molecule has 0 aliphatic carbocycles. The molecule has 2 N–H and O–H groups in total. The minimum Gasteiger partial charge on any atom is -0.477 e. The Labute approximate surface area is 244 Å². The second kappa shape index (κ2) is 10.6. The number of aryl methyl sites for hydroxylation is 1. The minimum atomic E-state index is -1.63. The third kappa shape index (κ3) is 5.20. The molecule has 222 valence electrons. The summed E-state index contributed by atoms with van der Waals surface area (Å²) >= 11 is 0. The van der Waals surface area contributed by atoms with Crippen LogP contribution in [0.15, 0.2) is 59.5 Å². The van der Waals surface area contributed by atoms with E-state index in [2.05, 4.69) is 5.32 Å². The number of pyridine rings is 1. The number of rotatable bonds is 5. The monoisotopic (exact) mass is 590 g/mol. The molecule has 43 heavy (non-hydrogen) atoms. The number of anilines is 1. The van der Waals surface area contributed by atoms with Crippen LogP contribution in [0.3, 0.4) is 0 Å². The first-order valence-electron chi connectivity index (χ1n) is 13.4. The van der Waals surface area contributed by atoms with Gasteiger partial charge in [-0.2, -0.15) is 0 Å². The molecule has 1 aliphatic heterocycles. The summed E-state index contributed by atoms with van der Waals surface area (Å²) in [6.45, 7) is 7.10. The summed E-state index contributed by atoms with van der Waals surface area (Å²) in [7, 11) is 0. The summed E-state index contributed by atoms with van der Waals surface area (Å²) in [5.74, 6) is -3.96. The largest absolute Gasteiger partial charge is 0.477 e. The van der Waals surface area contributed by atoms with Crippen LogP contribution in [-0.2, 0) is 11.2 Å². The predicted octanol–water partition coefficient (Wildman–Crippen LogP) is 5.20. The molecule has 0 bridgehead atoms. The fraction of sp³-hybridized carbons (Fsp3) is 0.258. The van der Waals surface area contributed by atoms with Crippen LogP contribution >= 0.6 is 0 Å². The molecule has 10 nitrogen and oxygen atoms in total. The van der Waals surface area contributed by atoms with Crippen molar-refractivity contribution in [3.63, 3.8) is 0 Å². The number of nitro benzene ring substituents is 1. The van der Waals surface area contributed by atoms with Crippen LogP contribution in [0.2, 0.25) is 0 Å². The second-order valence-electron chi connectivity index (χ2n) is 11.4. The Hall–Kier alpha value is -5.13. The molecule has 1 unspecified atom stereocenters. The predicted molar refractivity (Wildman–Crippen MR) is 156 cm³/mol. The van der Waals surface area contributed by atoms with Crippen LogP contribution in [-0.4, -0.2) is 38.6 Å². The van der Waals surface area contributed by atoms with Gasteiger partial charge in [0.15, 0.2) is 0 Å². The second-order valence-corrected chi connectivity index (χ2v) is 11.4. The van der Waals surface area contributed by atoms with Gasteiger partial charge in [0.2, 0.25) is 11.3 Å². The number of carboxylic acid groups (broad SMARTS) is 1. The summed E-state index contributed by atoms with van der Waals surface area (Å²) in [4.78, 5) is 52.6. The molecule has 5 rings (SSSR count). The summed E-state index contributed by atoms with van der Waals surface area (Å²) in [5, 5.41) is 24.9. The van der Waals surface area contributed by atoms with Crippen molar-refractivity contribution in [3.8, 4) is 5.69 Å². The maximum Gasteiger partial charge on any atom is 0.341 e. The summed E-state index contributed by atoms with van der Waals surface area (Å²) < 4.78 is 30.0. The Kier molecular flexibility index (Phi) is 7.25. The highest BCUT2D eigenvalue weighted by Crippen LogP contribution is 2.43. The quantitative estimate of drug-likeness (QED) is 0.241. The molecule has 1 amide bonds. The SMILES string of the molecule is Cc1c(N2CCc3ccccc3C2C(=O)NC(C)(C)C)c([N+](=O)[O-])cc2c(=O)c(C(=O)O)cn(-c3ccc(F)cc3F)c12. The number of aromatic nitrogens is 1. The molecule has 4 aromatic rings. The summed E-state index contributed by atoms with van der Waals surface area (Å²) in [6, 6.07) is 9.89. The molecule has 0 radical (unpaired) electrons. The van der Waals surface area contributed by atoms with Gasteiger partial charge in [0.05, 0.1) is 21.5 Å². The van der Waals surface area contributed by atoms with E-state index in [-0.39, 0.29) is 34.4 Å². The normalized spacial score (nSPS) is 14.8. The first kappa shape index (κ1) is 29.4. The number of fused-ring (bicyclic) bond motifs is 2. The lowest BCUT2D eigenvalue weighted by molar-refractivity contribution is -0.384. The lowest BCUT2D eigenvalue weighted by Crippen LogP contribution is -2.50. The highest BCUT2D eigenvalue weighted by atomic mass is 19.1. The van der Waals surface area contributed by atoms with E-state index >= 15 is 4.39 Å². The topological polar surface area (TPSA) is 135 Å². The van der Waals surface area contributed by atoms with Crippen LogP contribution in [0.1, 0.15) is 53.9 Å². The van der Waals surface area contributed by atoms with Crippen molar-refractivity contribution >= 4 is 34.2 Å². The summed E-state index contributed by atoms with van der Waals surface area (Å²) in [6.07, 6.45) is 1.36. The van der Waals surface area contributed by atoms with E-state index in [1.54, 1.807) is 17.0 Å². The van der Waals surface area contributed by atoms with Crippen LogP contribution in [0.4, 0.5) is 20.2 Å². The van der Waals surface area contributed by atoms with E-state index in [1.165, 1.54) is 6.92 Å². The molecule has 0 saturated carbocycles. The van der Waals surface area contributed by atoms with Gasteiger partial charge in [-0.1, -0.05) is 24.3 Å². The molecule has 1 aromatic heterocycles. The Morgan fingerprint density at radius 1 is 1.12 bits per heavy atom. The number of hydrogen-bond donors (Lipinski definition) is 2. The standard InChI is InChI=1S/C31H28F2N4O6/c1-16-25-20(28(38)21(30(40)41)15-36(25)23-10-9-18(32)13-22(23)33)14-24(37(42)43)26(16)35-12-11-17-7-5-6-8-19(17)27(35)29(39)34-31(2,3)4/h5-10,13-15,27H,11-12H2,1-4H3,(H,34,39)(H,40,41). The van der Waals surface area contributed by atoms with E-state index in [4.69, 9.17) is 0 Å². The number of nitrogens with one attached hydrogen (secondary N) is 1. The van der Waals surface area contributed by atoms with Crippen molar-refractivity contribution in [3.05, 3.63) is 109 Å². The third-order valence-corrected chi connectivity index (χ3v) is 7.39. The molecule has 0 spiro atoms. The molecule has 12 heteroatoms. The van der Waals surface area contributed by atoms with Crippen molar-refractivity contribution in [2.24, 2.45) is 0 Å². The van der Waals surface area contributed by atoms with Gasteiger partial charge in [0.25, 0.3) is 5.69 Å². The van der Waals surface area contributed by atoms with E-state index in [1.807, 2.05) is 32.9 Å². The molecular weight excluding hydrogens is 562 g/mol. The zero-order chi connectivity index (χ0) is 31.4. The van der Waals surface area contributed by atoms with Gasteiger partial charge in [-0.15, -0.1) is 0 Å². The lowest BCUT2D eigenvalue weighted by Gasteiger charge is -2.39. The average molecular weight is 591 g/mol. The number of carbonyl (C=O) groups is 2. The zero-order valence-corrected chi connectivity index (χ0v) is 23.8. The smallest absolute Gasteiger partial charge is 0.341 e. The maximum absolute atomic E-state index is 15.1. The number of nitro groups is 1. The summed E-state index contributed by atoms with van der Waals surface area (Å²) in [5.41, 5.74) is -1.53. The molecule has 0 fully saturated rings. The van der Waals surface area contributed by atoms with E-state index < -0.39 is 56.7 Å². The van der Waals surface area contributed by atoms with Gasteiger partial charge >= 0.3 is 5.97 Å². The van der Waals surface area contributed by atoms with Crippen LogP contribution in [0.25, 0.3) is 16.6 Å². The van der Waals surface area contributed by atoms with Gasteiger partial charge in [-0.05, 0) is 57.4 Å². The number of carbonyl (C=O) groups excluding carboxylic acids is 1. The number of benzene rings is 3. The Balaban J connectivity index is 1.89. The molecular formula is C31H28F2N4O6. The van der Waals surface area contributed by atoms with Crippen LogP contribution < -0.4 is 15.6 Å². The Morgan fingerprint density at radius 2 is 1.81 bits per heavy atom. The van der Waals surface area contributed by atoms with Crippen molar-refractivity contribution in [1.82, 2.24) is 9.88 Å². The fourth-order valence-electron chi connectivity index (χ4n) is 5.71. The van der Waals surface area contributed by atoms with Crippen molar-refractivity contribution < 1.29 is 28.4 Å². The number of amides is 1. The molecule has 0 saturated heterocycles. The lowest BCUT2D eigenvalue weighted by atomic mass is 9.89. The third-order valence-electron chi connectivity index (χ3n) is 7.39. The molecule has 2 heterocycles. The van der Waals surface area contributed by atoms with Crippen LogP contribution in [0, 0.1) is 28.7 Å². The Bertz CT molecular complexity index is 1900. The van der Waals surface area contributed by atoms with E-state index in [0.717, 1.165) is 34.5 Å². The van der Waals surface area contributed by atoms with Gasteiger partial charge in [-0.3, -0.25) is 19.7 Å². The number of nitrogens with zero attached hydrogens (tertiary/aromatic N) is 3. The van der Waals surface area contributed by atoms with Gasteiger partial charge in [0.1, 0.15) is 28.9 Å². The number of carboxylic acids is 1. The molecule has 1 aliphatic rings. The maximum atomic E-state index is 15.1. The molecule has 3 aromatic carbocycles. The zero-order valence-electron chi connectivity index (χ0n) is 23.8. The highest BCUT2D eigenvalue weighted by molar-refractivity contribution is 5.99. The first-order valence-corrected chi connectivity index (χ1v) is 13.4. The fourth-order valence-corrected chi connectivity index (χ4v) is 5.71. The van der Waals surface area contributed by atoms with Gasteiger partial charge < -0.3 is 19.9 Å². The first-order chi connectivity index (χ1) is 20.2. The highest BCUT2D eigenvalue weighted by Gasteiger charge is 2.39. The van der Waals surface area contributed by atoms with E-state index in [9.17, 15) is 34.0 Å². The Morgan fingerprint density at radius 3 is 2.44 bits per heavy atom. The van der Waals surface area contributed by atoms with Crippen LogP contribution in [0.5, 0.6) is 0 Å². The minimum absolute atomic E-state index is 0.0137.